The second-order valence-corrected chi connectivity index (χ2v) is 10.2. The highest BCUT2D eigenvalue weighted by molar-refractivity contribution is 7.92. The molecule has 1 heterocycles. The van der Waals surface area contributed by atoms with E-state index in [4.69, 9.17) is 4.98 Å². The zero-order valence-electron chi connectivity index (χ0n) is 20.0. The van der Waals surface area contributed by atoms with Gasteiger partial charge in [0.2, 0.25) is 10.0 Å². The van der Waals surface area contributed by atoms with Crippen molar-refractivity contribution in [2.45, 2.75) is 19.4 Å². The van der Waals surface area contributed by atoms with Crippen LogP contribution in [-0.4, -0.2) is 43.4 Å². The van der Waals surface area contributed by atoms with E-state index in [-0.39, 0.29) is 6.54 Å². The third-order valence-corrected chi connectivity index (χ3v) is 6.18. The number of hydrogen-bond donors (Lipinski definition) is 4. The number of urea groups is 1. The molecule has 36 heavy (non-hydrogen) atoms. The Balaban J connectivity index is 1.91. The summed E-state index contributed by atoms with van der Waals surface area (Å²) >= 11 is 0. The fraction of sp³-hybridized carbons (Fsp3) is 0.185. The average molecular weight is 505 g/mol. The maximum atomic E-state index is 12.5. The molecule has 0 fully saturated rings. The molecule has 0 saturated carbocycles. The molecule has 4 aromatic rings. The Morgan fingerprint density at radius 1 is 0.972 bits per heavy atom. The molecular weight excluding hydrogens is 476 g/mol. The van der Waals surface area contributed by atoms with Crippen molar-refractivity contribution in [1.29, 1.82) is 0 Å². The van der Waals surface area contributed by atoms with E-state index in [9.17, 15) is 18.3 Å². The molecule has 0 aliphatic carbocycles. The molecule has 4 rings (SSSR count). The number of nitrogens with zero attached hydrogens (tertiary/aromatic N) is 1. The number of sulfonamides is 1. The molecule has 1 aromatic heterocycles. The van der Waals surface area contributed by atoms with Gasteiger partial charge < -0.3 is 15.7 Å². The molecule has 0 radical (unpaired) electrons. The molecule has 0 spiro atoms. The number of rotatable bonds is 8. The van der Waals surface area contributed by atoms with Crippen molar-refractivity contribution in [2.75, 3.05) is 22.8 Å². The lowest BCUT2D eigenvalue weighted by Crippen LogP contribution is -2.34. The number of pyridine rings is 1. The fourth-order valence-corrected chi connectivity index (χ4v) is 4.44. The summed E-state index contributed by atoms with van der Waals surface area (Å²) in [5.74, 6) is 0. The summed E-state index contributed by atoms with van der Waals surface area (Å²) in [6.07, 6.45) is 0.992. The number of fused-ring (bicyclic) bond motifs is 1. The van der Waals surface area contributed by atoms with Crippen LogP contribution in [0.5, 0.6) is 0 Å². The smallest absolute Gasteiger partial charge is 0.319 e. The fourth-order valence-electron chi connectivity index (χ4n) is 3.85. The first-order chi connectivity index (χ1) is 17.2. The van der Waals surface area contributed by atoms with Gasteiger partial charge >= 0.3 is 6.03 Å². The second-order valence-electron chi connectivity index (χ2n) is 8.45. The van der Waals surface area contributed by atoms with Gasteiger partial charge in [0.25, 0.3) is 0 Å². The first-order valence-electron chi connectivity index (χ1n) is 11.5. The van der Waals surface area contributed by atoms with Crippen molar-refractivity contribution in [3.8, 4) is 22.4 Å². The van der Waals surface area contributed by atoms with E-state index in [0.29, 0.717) is 40.0 Å². The highest BCUT2D eigenvalue weighted by Crippen LogP contribution is 2.42. The third-order valence-electron chi connectivity index (χ3n) is 5.61. The normalized spacial score (nSPS) is 12.2. The molecule has 8 nitrogen and oxygen atoms in total. The maximum absolute atomic E-state index is 12.5. The Morgan fingerprint density at radius 3 is 2.22 bits per heavy atom. The molecule has 0 aliphatic heterocycles. The number of aliphatic hydroxyl groups excluding tert-OH is 1. The molecule has 0 aliphatic rings. The van der Waals surface area contributed by atoms with Gasteiger partial charge in [0.1, 0.15) is 0 Å². The van der Waals surface area contributed by atoms with E-state index >= 15 is 0 Å². The van der Waals surface area contributed by atoms with E-state index < -0.39 is 22.2 Å². The number of anilines is 2. The number of hydrogen-bond acceptors (Lipinski definition) is 5. The van der Waals surface area contributed by atoms with Crippen molar-refractivity contribution in [3.63, 3.8) is 0 Å². The molecule has 0 saturated heterocycles. The summed E-state index contributed by atoms with van der Waals surface area (Å²) in [5.41, 5.74) is 4.29. The summed E-state index contributed by atoms with van der Waals surface area (Å²) in [5, 5.41) is 15.6. The largest absolute Gasteiger partial charge is 0.391 e. The number of aliphatic hydroxyl groups is 1. The SMILES string of the molecule is CC[C@@H](O)CNC(=O)Nc1ccc2nc(-c3ccccc3)c(-c3ccccc3)c(NS(C)(=O)=O)c2c1. The monoisotopic (exact) mass is 504 g/mol. The lowest BCUT2D eigenvalue weighted by atomic mass is 9.95. The van der Waals surface area contributed by atoms with Crippen molar-refractivity contribution < 1.29 is 18.3 Å². The topological polar surface area (TPSA) is 120 Å². The highest BCUT2D eigenvalue weighted by Gasteiger charge is 2.21. The molecule has 0 bridgehead atoms. The van der Waals surface area contributed by atoms with Crippen LogP contribution in [0.15, 0.2) is 78.9 Å². The Bertz CT molecular complexity index is 1480. The van der Waals surface area contributed by atoms with Gasteiger partial charge in [0, 0.05) is 28.7 Å². The van der Waals surface area contributed by atoms with Crippen LogP contribution in [0, 0.1) is 0 Å². The number of benzene rings is 3. The predicted molar refractivity (Wildman–Crippen MR) is 144 cm³/mol. The van der Waals surface area contributed by atoms with Gasteiger partial charge in [-0.25, -0.2) is 18.2 Å². The standard InChI is InChI=1S/C27H28N4O4S/c1-3-21(32)17-28-27(33)29-20-14-15-23-22(16-20)26(31-36(2,34)35)24(18-10-6-4-7-11-18)25(30-23)19-12-8-5-9-13-19/h4-16,21,32H,3,17H2,1-2H3,(H,30,31)(H2,28,29,33)/t21-/m1/s1. The molecule has 1 atom stereocenters. The second kappa shape index (κ2) is 10.8. The minimum Gasteiger partial charge on any atom is -0.391 e. The van der Waals surface area contributed by atoms with Gasteiger partial charge in [-0.2, -0.15) is 0 Å². The zero-order chi connectivity index (χ0) is 25.7. The summed E-state index contributed by atoms with van der Waals surface area (Å²) in [4.78, 5) is 17.3. The number of nitrogens with one attached hydrogen (secondary N) is 3. The third kappa shape index (κ3) is 5.99. The number of carbonyl (C=O) groups excluding carboxylic acids is 1. The molecule has 3 aromatic carbocycles. The van der Waals surface area contributed by atoms with Crippen LogP contribution in [0.25, 0.3) is 33.3 Å². The molecule has 4 N–H and O–H groups in total. The van der Waals surface area contributed by atoms with E-state index in [1.165, 1.54) is 0 Å². The minimum atomic E-state index is -3.66. The van der Waals surface area contributed by atoms with Gasteiger partial charge in [-0.1, -0.05) is 67.6 Å². The van der Waals surface area contributed by atoms with Crippen molar-refractivity contribution in [3.05, 3.63) is 78.9 Å². The first kappa shape index (κ1) is 25.2. The summed E-state index contributed by atoms with van der Waals surface area (Å²) in [6.45, 7) is 1.95. The lowest BCUT2D eigenvalue weighted by molar-refractivity contribution is 0.168. The molecule has 2 amide bonds. The number of amides is 2. The van der Waals surface area contributed by atoms with Crippen molar-refractivity contribution in [1.82, 2.24) is 10.3 Å². The van der Waals surface area contributed by atoms with Gasteiger partial charge in [-0.15, -0.1) is 0 Å². The summed E-state index contributed by atoms with van der Waals surface area (Å²) < 4.78 is 27.7. The van der Waals surface area contributed by atoms with Gasteiger partial charge in [0.15, 0.2) is 0 Å². The molecule has 9 heteroatoms. The van der Waals surface area contributed by atoms with Gasteiger partial charge in [0.05, 0.1) is 29.3 Å². The minimum absolute atomic E-state index is 0.122. The average Bonchev–Trinajstić information content (AvgIpc) is 2.87. The van der Waals surface area contributed by atoms with Crippen LogP contribution in [0.1, 0.15) is 13.3 Å². The summed E-state index contributed by atoms with van der Waals surface area (Å²) in [6, 6.07) is 23.7. The summed E-state index contributed by atoms with van der Waals surface area (Å²) in [7, 11) is -3.66. The van der Waals surface area contributed by atoms with Crippen LogP contribution in [0.3, 0.4) is 0 Å². The number of aromatic nitrogens is 1. The van der Waals surface area contributed by atoms with E-state index in [1.807, 2.05) is 67.6 Å². The van der Waals surface area contributed by atoms with Gasteiger partial charge in [-0.05, 0) is 30.2 Å². The van der Waals surface area contributed by atoms with Crippen LogP contribution in [-0.2, 0) is 10.0 Å². The molecule has 0 unspecified atom stereocenters. The Labute approximate surface area is 210 Å². The highest BCUT2D eigenvalue weighted by atomic mass is 32.2. The maximum Gasteiger partial charge on any atom is 0.319 e. The van der Waals surface area contributed by atoms with Crippen molar-refractivity contribution in [2.24, 2.45) is 0 Å². The van der Waals surface area contributed by atoms with Crippen molar-refractivity contribution >= 4 is 38.3 Å². The van der Waals surface area contributed by atoms with E-state index in [1.54, 1.807) is 18.2 Å². The lowest BCUT2D eigenvalue weighted by Gasteiger charge is -2.19. The first-order valence-corrected chi connectivity index (χ1v) is 13.4. The molecule has 186 valence electrons. The van der Waals surface area contributed by atoms with Crippen LogP contribution >= 0.6 is 0 Å². The quantitative estimate of drug-likeness (QED) is 0.274. The Kier molecular flexibility index (Phi) is 7.52. The predicted octanol–water partition coefficient (Wildman–Crippen LogP) is 4.83. The van der Waals surface area contributed by atoms with Crippen LogP contribution < -0.4 is 15.4 Å². The van der Waals surface area contributed by atoms with Gasteiger partial charge in [-0.3, -0.25) is 4.72 Å². The van der Waals surface area contributed by atoms with E-state index in [0.717, 1.165) is 17.4 Å². The van der Waals surface area contributed by atoms with Crippen LogP contribution in [0.2, 0.25) is 0 Å². The molecular formula is C27H28N4O4S. The van der Waals surface area contributed by atoms with Crippen LogP contribution in [0.4, 0.5) is 16.2 Å². The Morgan fingerprint density at radius 2 is 1.61 bits per heavy atom. The number of carbonyl (C=O) groups is 1. The Hall–Kier alpha value is -3.95. The van der Waals surface area contributed by atoms with E-state index in [2.05, 4.69) is 15.4 Å². The zero-order valence-corrected chi connectivity index (χ0v) is 20.8.